The predicted octanol–water partition coefficient (Wildman–Crippen LogP) is 5.49. The van der Waals surface area contributed by atoms with Gasteiger partial charge in [-0.3, -0.25) is 9.59 Å². The number of carbonyl (C=O) groups is 2. The molecule has 0 saturated carbocycles. The molecular weight excluding hydrogens is 565 g/mol. The molecule has 4 N–H and O–H groups in total. The highest BCUT2D eigenvalue weighted by Gasteiger charge is 2.49. The second-order valence-electron chi connectivity index (χ2n) is 12.1. The average molecular weight is 606 g/mol. The van der Waals surface area contributed by atoms with Crippen molar-refractivity contribution < 1.29 is 28.3 Å². The first-order chi connectivity index (χ1) is 20.5. The summed E-state index contributed by atoms with van der Waals surface area (Å²) in [5.41, 5.74) is 9.62. The monoisotopic (exact) mass is 605 g/mol. The highest BCUT2D eigenvalue weighted by atomic mass is 28.4. The number of aliphatic hydroxyl groups is 1. The van der Waals surface area contributed by atoms with E-state index in [0.717, 1.165) is 16.7 Å². The lowest BCUT2D eigenvalue weighted by Crippen LogP contribution is -2.50. The molecule has 3 aromatic rings. The number of hydrogen-bond acceptors (Lipinski definition) is 6. The maximum Gasteiger partial charge on any atom is 0.255 e. The Bertz CT molecular complexity index is 1480. The van der Waals surface area contributed by atoms with E-state index in [1.807, 2.05) is 37.3 Å². The van der Waals surface area contributed by atoms with Gasteiger partial charge in [-0.1, -0.05) is 31.2 Å². The minimum absolute atomic E-state index is 0.0229. The molecule has 2 amide bonds. The van der Waals surface area contributed by atoms with Crippen molar-refractivity contribution >= 4 is 31.6 Å². The molecule has 0 radical (unpaired) electrons. The third kappa shape index (κ3) is 6.46. The number of nitrogens with two attached hydrogens (primary N) is 1. The smallest absolute Gasteiger partial charge is 0.255 e. The summed E-state index contributed by atoms with van der Waals surface area (Å²) >= 11 is 0. The molecular formula is C33H40FN3O5Si. The summed E-state index contributed by atoms with van der Waals surface area (Å²) in [4.78, 5) is 28.3. The largest absolute Gasteiger partial charge is 0.490 e. The fourth-order valence-electron chi connectivity index (χ4n) is 6.39. The molecule has 1 unspecified atom stereocenters. The van der Waals surface area contributed by atoms with Gasteiger partial charge in [0, 0.05) is 54.0 Å². The quantitative estimate of drug-likeness (QED) is 0.178. The Morgan fingerprint density at radius 1 is 1.14 bits per heavy atom. The molecule has 0 aromatic heterocycles. The number of fused-ring (bicyclic) bond motifs is 2. The first kappa shape index (κ1) is 30.7. The van der Waals surface area contributed by atoms with Crippen molar-refractivity contribution in [3.63, 3.8) is 0 Å². The number of anilines is 2. The van der Waals surface area contributed by atoms with Gasteiger partial charge in [-0.15, -0.1) is 0 Å². The summed E-state index contributed by atoms with van der Waals surface area (Å²) in [5.74, 6) is -0.206. The molecule has 2 heterocycles. The van der Waals surface area contributed by atoms with E-state index in [-0.39, 0.29) is 36.8 Å². The summed E-state index contributed by atoms with van der Waals surface area (Å²) in [6, 6.07) is 19.5. The van der Waals surface area contributed by atoms with Crippen LogP contribution in [0.2, 0.25) is 18.6 Å². The maximum absolute atomic E-state index is 16.1. The van der Waals surface area contributed by atoms with Gasteiger partial charge >= 0.3 is 0 Å². The first-order valence-electron chi connectivity index (χ1n) is 14.7. The van der Waals surface area contributed by atoms with Crippen LogP contribution >= 0.6 is 0 Å². The molecule has 3 aromatic carbocycles. The number of benzene rings is 3. The van der Waals surface area contributed by atoms with Gasteiger partial charge in [0.2, 0.25) is 14.3 Å². The molecule has 5 atom stereocenters. The molecule has 2 aliphatic rings. The SMILES string of the molecule is CO[C@@H]1c2cc(NC(=O)c3ccc(N)cc3)ccc2O[C@H](C(CC(=O)N2Cc3ccccc3C[C@H]2CO)[Si](C)(C)F)[C@H]1C. The van der Waals surface area contributed by atoms with Crippen LogP contribution in [0.5, 0.6) is 5.75 Å². The lowest BCUT2D eigenvalue weighted by Gasteiger charge is -2.44. The van der Waals surface area contributed by atoms with Crippen molar-refractivity contribution in [3.05, 3.63) is 89.0 Å². The highest BCUT2D eigenvalue weighted by molar-refractivity contribution is 6.72. The number of aliphatic hydroxyl groups excluding tert-OH is 1. The third-order valence-corrected chi connectivity index (χ3v) is 11.1. The minimum Gasteiger partial charge on any atom is -0.490 e. The number of rotatable bonds is 8. The van der Waals surface area contributed by atoms with Gasteiger partial charge < -0.3 is 34.6 Å². The molecule has 0 bridgehead atoms. The Labute approximate surface area is 253 Å². The van der Waals surface area contributed by atoms with Crippen LogP contribution in [-0.2, 0) is 22.5 Å². The van der Waals surface area contributed by atoms with Crippen molar-refractivity contribution in [1.29, 1.82) is 0 Å². The van der Waals surface area contributed by atoms with Gasteiger partial charge in [0.1, 0.15) is 11.9 Å². The molecule has 10 heteroatoms. The number of carbonyl (C=O) groups excluding carboxylic acids is 2. The number of methoxy groups -OCH3 is 1. The van der Waals surface area contributed by atoms with E-state index >= 15 is 4.11 Å². The first-order valence-corrected chi connectivity index (χ1v) is 17.6. The van der Waals surface area contributed by atoms with Crippen molar-refractivity contribution in [2.75, 3.05) is 24.8 Å². The number of nitrogens with zero attached hydrogens (tertiary/aromatic N) is 1. The zero-order valence-electron chi connectivity index (χ0n) is 25.0. The fraction of sp³-hybridized carbons (Fsp3) is 0.394. The van der Waals surface area contributed by atoms with Crippen LogP contribution in [0.1, 0.15) is 46.5 Å². The lowest BCUT2D eigenvalue weighted by atomic mass is 9.86. The summed E-state index contributed by atoms with van der Waals surface area (Å²) in [6.07, 6.45) is -0.507. The van der Waals surface area contributed by atoms with Crippen molar-refractivity contribution in [3.8, 4) is 5.75 Å². The van der Waals surface area contributed by atoms with Gasteiger partial charge in [-0.05, 0) is 73.1 Å². The zero-order chi connectivity index (χ0) is 30.9. The minimum atomic E-state index is -3.44. The summed E-state index contributed by atoms with van der Waals surface area (Å²) < 4.78 is 28.5. The van der Waals surface area contributed by atoms with Gasteiger partial charge in [0.05, 0.1) is 18.8 Å². The Hall–Kier alpha value is -3.73. The molecule has 0 aliphatic carbocycles. The third-order valence-electron chi connectivity index (χ3n) is 8.82. The summed E-state index contributed by atoms with van der Waals surface area (Å²) in [7, 11) is -1.84. The summed E-state index contributed by atoms with van der Waals surface area (Å²) in [6.45, 7) is 5.41. The average Bonchev–Trinajstić information content (AvgIpc) is 2.98. The fourth-order valence-corrected chi connectivity index (χ4v) is 8.20. The highest BCUT2D eigenvalue weighted by Crippen LogP contribution is 2.48. The molecule has 2 aliphatic heterocycles. The lowest BCUT2D eigenvalue weighted by molar-refractivity contribution is -0.136. The normalized spacial score (nSPS) is 22.1. The Morgan fingerprint density at radius 3 is 2.49 bits per heavy atom. The second-order valence-corrected chi connectivity index (χ2v) is 16.0. The number of hydrogen-bond donors (Lipinski definition) is 3. The molecule has 0 fully saturated rings. The molecule has 5 rings (SSSR count). The number of amides is 2. The van der Waals surface area contributed by atoms with E-state index in [1.54, 1.807) is 61.5 Å². The number of halogens is 1. The van der Waals surface area contributed by atoms with E-state index < -0.39 is 26.2 Å². The topological polar surface area (TPSA) is 114 Å². The van der Waals surface area contributed by atoms with Gasteiger partial charge in [0.25, 0.3) is 5.91 Å². The number of ether oxygens (including phenoxy) is 2. The predicted molar refractivity (Wildman–Crippen MR) is 167 cm³/mol. The van der Waals surface area contributed by atoms with E-state index in [2.05, 4.69) is 5.32 Å². The Kier molecular flexibility index (Phi) is 8.91. The van der Waals surface area contributed by atoms with Gasteiger partial charge in [0.15, 0.2) is 0 Å². The van der Waals surface area contributed by atoms with Crippen LogP contribution < -0.4 is 15.8 Å². The zero-order valence-corrected chi connectivity index (χ0v) is 26.0. The molecule has 43 heavy (non-hydrogen) atoms. The molecule has 228 valence electrons. The summed E-state index contributed by atoms with van der Waals surface area (Å²) in [5, 5.41) is 13.0. The van der Waals surface area contributed by atoms with Crippen LogP contribution in [0, 0.1) is 5.92 Å². The number of nitrogens with one attached hydrogen (secondary N) is 1. The molecule has 0 saturated heterocycles. The maximum atomic E-state index is 16.1. The van der Waals surface area contributed by atoms with Gasteiger partial charge in [-0.25, -0.2) is 0 Å². The Morgan fingerprint density at radius 2 is 1.84 bits per heavy atom. The molecule has 0 spiro atoms. The van der Waals surface area contributed by atoms with Crippen LogP contribution in [0.15, 0.2) is 66.7 Å². The van der Waals surface area contributed by atoms with E-state index in [0.29, 0.717) is 35.7 Å². The number of nitrogen functional groups attached to an aromatic ring is 1. The molecule has 8 nitrogen and oxygen atoms in total. The van der Waals surface area contributed by atoms with Crippen LogP contribution in [-0.4, -0.2) is 56.1 Å². The Balaban J connectivity index is 1.37. The van der Waals surface area contributed by atoms with E-state index in [9.17, 15) is 14.7 Å². The van der Waals surface area contributed by atoms with E-state index in [1.165, 1.54) is 0 Å². The van der Waals surface area contributed by atoms with Crippen molar-refractivity contribution in [1.82, 2.24) is 4.90 Å². The van der Waals surface area contributed by atoms with Crippen LogP contribution in [0.3, 0.4) is 0 Å². The van der Waals surface area contributed by atoms with E-state index in [4.69, 9.17) is 15.2 Å². The van der Waals surface area contributed by atoms with Crippen LogP contribution in [0.4, 0.5) is 15.5 Å². The second kappa shape index (κ2) is 12.5. The standard InChI is InChI=1S/C33H40FN3O5Si/c1-20-31(41-2)27-16-25(36-33(40)21-9-11-24(35)12-10-21)13-14-28(27)42-32(20)29(43(3,4)34)17-30(39)37-18-23-8-6-5-7-22(23)15-26(37)19-38/h5-14,16,20,26,29,31-32,38H,15,17-19,35H2,1-4H3,(H,36,40)/t20-,26-,29?,31-,32-/m0/s1. The van der Waals surface area contributed by atoms with Crippen LogP contribution in [0.25, 0.3) is 0 Å². The van der Waals surface area contributed by atoms with Crippen molar-refractivity contribution in [2.24, 2.45) is 5.92 Å². The van der Waals surface area contributed by atoms with Crippen molar-refractivity contribution in [2.45, 2.75) is 63.2 Å². The van der Waals surface area contributed by atoms with Gasteiger partial charge in [-0.2, -0.15) is 0 Å².